The number of para-hydroxylation sites is 1. The smallest absolute Gasteiger partial charge is 0.278 e. The largest absolute Gasteiger partial charge is 0.436 e. The summed E-state index contributed by atoms with van der Waals surface area (Å²) in [7, 11) is 0. The molecule has 0 amide bonds. The Hall–Kier alpha value is -3.22. The molecule has 0 aliphatic rings. The monoisotopic (exact) mass is 282 g/mol. The molecule has 7 nitrogen and oxygen atoms in total. The minimum Gasteiger partial charge on any atom is -0.436 e. The van der Waals surface area contributed by atoms with Crippen LogP contribution >= 0.6 is 0 Å². The van der Waals surface area contributed by atoms with Crippen LogP contribution in [0.15, 0.2) is 48.7 Å². The molecule has 0 aliphatic heterocycles. The van der Waals surface area contributed by atoms with Gasteiger partial charge < -0.3 is 10.5 Å². The molecule has 2 heterocycles. The molecule has 0 unspecified atom stereocenters. The average Bonchev–Trinajstić information content (AvgIpc) is 2.47. The van der Waals surface area contributed by atoms with Crippen molar-refractivity contribution in [3.63, 3.8) is 0 Å². The molecular formula is C14H10N4O3. The van der Waals surface area contributed by atoms with Crippen molar-refractivity contribution in [2.45, 2.75) is 0 Å². The van der Waals surface area contributed by atoms with Crippen LogP contribution in [0.3, 0.4) is 0 Å². The van der Waals surface area contributed by atoms with Crippen LogP contribution in [0.2, 0.25) is 0 Å². The molecule has 0 atom stereocenters. The maximum atomic E-state index is 10.8. The molecule has 0 saturated heterocycles. The van der Waals surface area contributed by atoms with E-state index in [2.05, 4.69) is 9.97 Å². The Labute approximate surface area is 119 Å². The van der Waals surface area contributed by atoms with Gasteiger partial charge in [-0.3, -0.25) is 15.1 Å². The minimum atomic E-state index is -0.549. The Morgan fingerprint density at radius 2 is 2.00 bits per heavy atom. The van der Waals surface area contributed by atoms with Gasteiger partial charge in [-0.1, -0.05) is 18.2 Å². The van der Waals surface area contributed by atoms with Crippen molar-refractivity contribution in [1.82, 2.24) is 9.97 Å². The fraction of sp³-hybridized carbons (Fsp3) is 0. The summed E-state index contributed by atoms with van der Waals surface area (Å²) in [6.45, 7) is 0. The second-order valence-electron chi connectivity index (χ2n) is 4.28. The number of nitrogens with two attached hydrogens (primary N) is 1. The predicted molar refractivity (Wildman–Crippen MR) is 77.1 cm³/mol. The summed E-state index contributed by atoms with van der Waals surface area (Å²) in [5.41, 5.74) is 6.02. The van der Waals surface area contributed by atoms with Gasteiger partial charge in [0.2, 0.25) is 5.88 Å². The molecule has 0 fully saturated rings. The second kappa shape index (κ2) is 5.04. The minimum absolute atomic E-state index is 0.0207. The van der Waals surface area contributed by atoms with Crippen molar-refractivity contribution < 1.29 is 9.66 Å². The molecule has 0 saturated carbocycles. The van der Waals surface area contributed by atoms with Crippen LogP contribution in [0.25, 0.3) is 10.9 Å². The van der Waals surface area contributed by atoms with E-state index in [0.717, 1.165) is 5.39 Å². The van der Waals surface area contributed by atoms with Crippen LogP contribution in [0.5, 0.6) is 11.6 Å². The highest BCUT2D eigenvalue weighted by atomic mass is 16.6. The van der Waals surface area contributed by atoms with E-state index in [1.165, 1.54) is 12.1 Å². The maximum Gasteiger partial charge on any atom is 0.278 e. The predicted octanol–water partition coefficient (Wildman–Crippen LogP) is 2.91. The lowest BCUT2D eigenvalue weighted by Gasteiger charge is -2.07. The maximum absolute atomic E-state index is 10.8. The van der Waals surface area contributed by atoms with Gasteiger partial charge in [-0.2, -0.15) is 4.98 Å². The van der Waals surface area contributed by atoms with Crippen LogP contribution in [-0.4, -0.2) is 14.9 Å². The van der Waals surface area contributed by atoms with E-state index in [0.29, 0.717) is 11.3 Å². The van der Waals surface area contributed by atoms with Crippen molar-refractivity contribution >= 4 is 22.4 Å². The van der Waals surface area contributed by atoms with Crippen LogP contribution in [0.4, 0.5) is 11.5 Å². The highest BCUT2D eigenvalue weighted by Crippen LogP contribution is 2.29. The molecule has 21 heavy (non-hydrogen) atoms. The zero-order valence-corrected chi connectivity index (χ0v) is 10.8. The second-order valence-corrected chi connectivity index (χ2v) is 4.28. The Bertz CT molecular complexity index is 830. The van der Waals surface area contributed by atoms with Gasteiger partial charge in [-0.05, 0) is 12.1 Å². The van der Waals surface area contributed by atoms with Crippen molar-refractivity contribution in [1.29, 1.82) is 0 Å². The topological polar surface area (TPSA) is 104 Å². The first-order valence-electron chi connectivity index (χ1n) is 6.07. The SMILES string of the molecule is Nc1cc([N+](=O)[O-])cc(Oc2cccc3cccnc23)n1. The summed E-state index contributed by atoms with van der Waals surface area (Å²) in [6.07, 6.45) is 1.64. The fourth-order valence-corrected chi connectivity index (χ4v) is 1.94. The molecule has 0 bridgehead atoms. The molecule has 3 aromatic rings. The molecule has 3 rings (SSSR count). The number of nitrogens with zero attached hydrogens (tertiary/aromatic N) is 3. The van der Waals surface area contributed by atoms with E-state index in [1.807, 2.05) is 18.2 Å². The standard InChI is InChI=1S/C14H10N4O3/c15-12-7-10(18(19)20)8-13(17-12)21-11-5-1-3-9-4-2-6-16-14(9)11/h1-8H,(H2,15,17). The first-order valence-corrected chi connectivity index (χ1v) is 6.07. The summed E-state index contributed by atoms with van der Waals surface area (Å²) in [6, 6.07) is 11.5. The highest BCUT2D eigenvalue weighted by molar-refractivity contribution is 5.84. The van der Waals surface area contributed by atoms with Gasteiger partial charge in [-0.15, -0.1) is 0 Å². The van der Waals surface area contributed by atoms with E-state index in [1.54, 1.807) is 18.3 Å². The zero-order valence-electron chi connectivity index (χ0n) is 10.8. The molecular weight excluding hydrogens is 272 g/mol. The number of nitrogen functional groups attached to an aromatic ring is 1. The number of nitro groups is 1. The molecule has 2 N–H and O–H groups in total. The zero-order chi connectivity index (χ0) is 14.8. The molecule has 104 valence electrons. The lowest BCUT2D eigenvalue weighted by Crippen LogP contribution is -1.97. The van der Waals surface area contributed by atoms with Crippen molar-refractivity contribution in [3.8, 4) is 11.6 Å². The summed E-state index contributed by atoms with van der Waals surface area (Å²) < 4.78 is 5.61. The lowest BCUT2D eigenvalue weighted by molar-refractivity contribution is -0.384. The van der Waals surface area contributed by atoms with E-state index in [4.69, 9.17) is 10.5 Å². The van der Waals surface area contributed by atoms with Crippen molar-refractivity contribution in [3.05, 3.63) is 58.8 Å². The van der Waals surface area contributed by atoms with Gasteiger partial charge >= 0.3 is 0 Å². The van der Waals surface area contributed by atoms with Gasteiger partial charge in [0.15, 0.2) is 5.75 Å². The van der Waals surface area contributed by atoms with Crippen molar-refractivity contribution in [2.75, 3.05) is 5.73 Å². The summed E-state index contributed by atoms with van der Waals surface area (Å²) in [4.78, 5) is 18.5. The molecule has 7 heteroatoms. The summed E-state index contributed by atoms with van der Waals surface area (Å²) in [5, 5.41) is 11.7. The highest BCUT2D eigenvalue weighted by Gasteiger charge is 2.12. The number of fused-ring (bicyclic) bond motifs is 1. The number of hydrogen-bond acceptors (Lipinski definition) is 6. The number of ether oxygens (including phenoxy) is 1. The lowest BCUT2D eigenvalue weighted by atomic mass is 10.2. The van der Waals surface area contributed by atoms with E-state index in [9.17, 15) is 10.1 Å². The Morgan fingerprint density at radius 1 is 1.19 bits per heavy atom. The van der Waals surface area contributed by atoms with Crippen LogP contribution < -0.4 is 10.5 Å². The number of aromatic nitrogens is 2. The van der Waals surface area contributed by atoms with E-state index < -0.39 is 4.92 Å². The normalized spacial score (nSPS) is 10.5. The average molecular weight is 282 g/mol. The molecule has 1 aromatic carbocycles. The third kappa shape index (κ3) is 2.57. The first-order chi connectivity index (χ1) is 10.1. The molecule has 2 aromatic heterocycles. The molecule has 0 aliphatic carbocycles. The van der Waals surface area contributed by atoms with E-state index in [-0.39, 0.29) is 17.4 Å². The Morgan fingerprint density at radius 3 is 2.81 bits per heavy atom. The fourth-order valence-electron chi connectivity index (χ4n) is 1.94. The quantitative estimate of drug-likeness (QED) is 0.585. The van der Waals surface area contributed by atoms with Crippen LogP contribution in [0.1, 0.15) is 0 Å². The number of rotatable bonds is 3. The molecule has 0 radical (unpaired) electrons. The third-order valence-electron chi connectivity index (χ3n) is 2.83. The number of hydrogen-bond donors (Lipinski definition) is 1. The van der Waals surface area contributed by atoms with Gasteiger partial charge in [0.25, 0.3) is 5.69 Å². The van der Waals surface area contributed by atoms with Gasteiger partial charge in [-0.25, -0.2) is 0 Å². The van der Waals surface area contributed by atoms with Gasteiger partial charge in [0.1, 0.15) is 11.3 Å². The third-order valence-corrected chi connectivity index (χ3v) is 2.83. The van der Waals surface area contributed by atoms with Crippen molar-refractivity contribution in [2.24, 2.45) is 0 Å². The van der Waals surface area contributed by atoms with Crippen LogP contribution in [-0.2, 0) is 0 Å². The Balaban J connectivity index is 2.05. The first kappa shape index (κ1) is 12.8. The van der Waals surface area contributed by atoms with E-state index >= 15 is 0 Å². The van der Waals surface area contributed by atoms with Gasteiger partial charge in [0.05, 0.1) is 17.1 Å². The van der Waals surface area contributed by atoms with Gasteiger partial charge in [0, 0.05) is 11.6 Å². The molecule has 0 spiro atoms. The summed E-state index contributed by atoms with van der Waals surface area (Å²) in [5.74, 6) is 0.535. The Kier molecular flexibility index (Phi) is 3.07. The number of anilines is 1. The number of pyridine rings is 2. The summed E-state index contributed by atoms with van der Waals surface area (Å²) >= 11 is 0. The number of benzene rings is 1. The van der Waals surface area contributed by atoms with Crippen LogP contribution in [0, 0.1) is 10.1 Å².